The number of fused-ring (bicyclic) bond motifs is 1. The van der Waals surface area contributed by atoms with E-state index in [9.17, 15) is 4.21 Å². The van der Waals surface area contributed by atoms with Crippen LogP contribution in [0.25, 0.3) is 10.8 Å². The van der Waals surface area contributed by atoms with Gasteiger partial charge in [0, 0.05) is 10.1 Å². The summed E-state index contributed by atoms with van der Waals surface area (Å²) in [5, 5.41) is 2.49. The molecule has 18 heavy (non-hydrogen) atoms. The van der Waals surface area contributed by atoms with Gasteiger partial charge in [-0.15, -0.1) is 0 Å². The molecule has 2 atom stereocenters. The van der Waals surface area contributed by atoms with E-state index in [0.29, 0.717) is 6.54 Å². The summed E-state index contributed by atoms with van der Waals surface area (Å²) in [6.45, 7) is 2.66. The molecule has 0 aliphatic carbocycles. The quantitative estimate of drug-likeness (QED) is 0.899. The van der Waals surface area contributed by atoms with Crippen molar-refractivity contribution in [2.75, 3.05) is 6.54 Å². The zero-order valence-corrected chi connectivity index (χ0v) is 11.5. The fourth-order valence-electron chi connectivity index (χ4n) is 2.13. The fourth-order valence-corrected chi connectivity index (χ4v) is 3.62. The number of nitrogens with two attached hydrogens (primary N) is 1. The maximum Gasteiger partial charge on any atom is 0.0561 e. The molecule has 0 saturated heterocycles. The van der Waals surface area contributed by atoms with E-state index in [2.05, 4.69) is 19.1 Å². The van der Waals surface area contributed by atoms with Crippen molar-refractivity contribution in [1.82, 2.24) is 0 Å². The summed E-state index contributed by atoms with van der Waals surface area (Å²) in [5.74, 6) is 0. The van der Waals surface area contributed by atoms with Gasteiger partial charge in [-0.3, -0.25) is 4.21 Å². The minimum absolute atomic E-state index is 0.163. The number of hydrogen-bond donors (Lipinski definition) is 1. The fraction of sp³-hybridized carbons (Fsp3) is 0.333. The van der Waals surface area contributed by atoms with Gasteiger partial charge >= 0.3 is 0 Å². The smallest absolute Gasteiger partial charge is 0.0561 e. The van der Waals surface area contributed by atoms with Crippen molar-refractivity contribution in [3.05, 3.63) is 42.5 Å². The van der Waals surface area contributed by atoms with E-state index in [4.69, 9.17) is 5.73 Å². The lowest BCUT2D eigenvalue weighted by atomic mass is 10.1. The predicted molar refractivity (Wildman–Crippen MR) is 78.1 cm³/mol. The van der Waals surface area contributed by atoms with Crippen molar-refractivity contribution in [3.8, 4) is 0 Å². The Kier molecular flexibility index (Phi) is 4.50. The Morgan fingerprint density at radius 2 is 1.89 bits per heavy atom. The van der Waals surface area contributed by atoms with E-state index in [1.807, 2.05) is 30.3 Å². The lowest BCUT2D eigenvalue weighted by Crippen LogP contribution is -2.18. The molecule has 2 rings (SSSR count). The van der Waals surface area contributed by atoms with E-state index in [1.54, 1.807) is 0 Å². The second kappa shape index (κ2) is 6.12. The van der Waals surface area contributed by atoms with Gasteiger partial charge in [-0.05, 0) is 42.3 Å². The molecule has 0 spiro atoms. The van der Waals surface area contributed by atoms with Crippen molar-refractivity contribution in [1.29, 1.82) is 0 Å². The Labute approximate surface area is 111 Å². The molecule has 0 aromatic heterocycles. The molecule has 3 heteroatoms. The van der Waals surface area contributed by atoms with Gasteiger partial charge in [0.25, 0.3) is 0 Å². The Bertz CT molecular complexity index is 553. The van der Waals surface area contributed by atoms with Crippen LogP contribution in [0.1, 0.15) is 19.8 Å². The van der Waals surface area contributed by atoms with E-state index < -0.39 is 10.8 Å². The maximum atomic E-state index is 12.5. The lowest BCUT2D eigenvalue weighted by Gasteiger charge is -2.13. The van der Waals surface area contributed by atoms with Gasteiger partial charge in [0.2, 0.25) is 0 Å². The Balaban J connectivity index is 2.32. The molecule has 0 bridgehead atoms. The molecular formula is C15H19NOS. The van der Waals surface area contributed by atoms with Crippen LogP contribution >= 0.6 is 0 Å². The second-order valence-electron chi connectivity index (χ2n) is 4.41. The molecule has 0 saturated carbocycles. The molecule has 0 fully saturated rings. The zero-order valence-electron chi connectivity index (χ0n) is 10.6. The van der Waals surface area contributed by atoms with E-state index in [-0.39, 0.29) is 5.25 Å². The minimum Gasteiger partial charge on any atom is -0.330 e. The second-order valence-corrected chi connectivity index (χ2v) is 6.15. The van der Waals surface area contributed by atoms with Gasteiger partial charge in [0.05, 0.1) is 10.8 Å². The standard InChI is InChI=1S/C15H19NOS/c1-2-14(9-10-16)18(17)15-8-7-12-5-3-4-6-13(12)11-15/h3-8,11,14H,2,9-10,16H2,1H3. The lowest BCUT2D eigenvalue weighted by molar-refractivity contribution is 0.650. The third kappa shape index (κ3) is 2.79. The first-order chi connectivity index (χ1) is 8.76. The molecule has 2 N–H and O–H groups in total. The molecule has 0 amide bonds. The topological polar surface area (TPSA) is 43.1 Å². The van der Waals surface area contributed by atoms with Crippen LogP contribution in [-0.2, 0) is 10.8 Å². The van der Waals surface area contributed by atoms with Crippen LogP contribution in [0.3, 0.4) is 0 Å². The van der Waals surface area contributed by atoms with Crippen molar-refractivity contribution < 1.29 is 4.21 Å². The summed E-state index contributed by atoms with van der Waals surface area (Å²) in [6.07, 6.45) is 1.71. The van der Waals surface area contributed by atoms with Gasteiger partial charge < -0.3 is 5.73 Å². The highest BCUT2D eigenvalue weighted by molar-refractivity contribution is 7.85. The molecular weight excluding hydrogens is 242 g/mol. The summed E-state index contributed by atoms with van der Waals surface area (Å²) in [6, 6.07) is 14.2. The highest BCUT2D eigenvalue weighted by Crippen LogP contribution is 2.21. The summed E-state index contributed by atoms with van der Waals surface area (Å²) in [5.41, 5.74) is 5.58. The van der Waals surface area contributed by atoms with Crippen LogP contribution in [0.2, 0.25) is 0 Å². The van der Waals surface area contributed by atoms with Crippen LogP contribution in [-0.4, -0.2) is 16.0 Å². The number of rotatable bonds is 5. The first-order valence-electron chi connectivity index (χ1n) is 6.35. The number of hydrogen-bond acceptors (Lipinski definition) is 2. The zero-order chi connectivity index (χ0) is 13.0. The van der Waals surface area contributed by atoms with E-state index >= 15 is 0 Å². The molecule has 2 nitrogen and oxygen atoms in total. The summed E-state index contributed by atoms with van der Waals surface area (Å²) in [4.78, 5) is 0.911. The predicted octanol–water partition coefficient (Wildman–Crippen LogP) is 3.07. The first-order valence-corrected chi connectivity index (χ1v) is 7.57. The van der Waals surface area contributed by atoms with Gasteiger partial charge in [-0.25, -0.2) is 0 Å². The Morgan fingerprint density at radius 3 is 2.56 bits per heavy atom. The average molecular weight is 261 g/mol. The highest BCUT2D eigenvalue weighted by atomic mass is 32.2. The van der Waals surface area contributed by atoms with Crippen molar-refractivity contribution in [3.63, 3.8) is 0 Å². The van der Waals surface area contributed by atoms with Gasteiger partial charge in [0.15, 0.2) is 0 Å². The van der Waals surface area contributed by atoms with Gasteiger partial charge in [-0.1, -0.05) is 37.3 Å². The summed E-state index contributed by atoms with van der Waals surface area (Å²) < 4.78 is 12.5. The third-order valence-electron chi connectivity index (χ3n) is 3.20. The van der Waals surface area contributed by atoms with E-state index in [1.165, 1.54) is 5.39 Å². The molecule has 96 valence electrons. The Hall–Kier alpha value is -1.19. The molecule has 0 heterocycles. The van der Waals surface area contributed by atoms with Crippen molar-refractivity contribution >= 4 is 21.6 Å². The third-order valence-corrected chi connectivity index (χ3v) is 5.09. The minimum atomic E-state index is -0.957. The van der Waals surface area contributed by atoms with Crippen LogP contribution in [0.4, 0.5) is 0 Å². The van der Waals surface area contributed by atoms with Crippen LogP contribution in [0.15, 0.2) is 47.4 Å². The highest BCUT2D eigenvalue weighted by Gasteiger charge is 2.15. The van der Waals surface area contributed by atoms with Crippen molar-refractivity contribution in [2.24, 2.45) is 5.73 Å². The molecule has 0 aliphatic rings. The number of benzene rings is 2. The van der Waals surface area contributed by atoms with Gasteiger partial charge in [-0.2, -0.15) is 0 Å². The normalized spacial score (nSPS) is 14.6. The monoisotopic (exact) mass is 261 g/mol. The SMILES string of the molecule is CCC(CCN)S(=O)c1ccc2ccccc2c1. The summed E-state index contributed by atoms with van der Waals surface area (Å²) >= 11 is 0. The Morgan fingerprint density at radius 1 is 1.17 bits per heavy atom. The van der Waals surface area contributed by atoms with Crippen LogP contribution in [0, 0.1) is 0 Å². The van der Waals surface area contributed by atoms with E-state index in [0.717, 1.165) is 23.1 Å². The van der Waals surface area contributed by atoms with Gasteiger partial charge in [0.1, 0.15) is 0 Å². The molecule has 0 aliphatic heterocycles. The maximum absolute atomic E-state index is 12.5. The summed E-state index contributed by atoms with van der Waals surface area (Å²) in [7, 11) is -0.957. The molecule has 2 unspecified atom stereocenters. The average Bonchev–Trinajstić information content (AvgIpc) is 2.43. The van der Waals surface area contributed by atoms with Crippen LogP contribution < -0.4 is 5.73 Å². The van der Waals surface area contributed by atoms with Crippen LogP contribution in [0.5, 0.6) is 0 Å². The molecule has 2 aromatic carbocycles. The molecule has 0 radical (unpaired) electrons. The first kappa shape index (κ1) is 13.2. The largest absolute Gasteiger partial charge is 0.330 e. The molecule has 2 aromatic rings. The van der Waals surface area contributed by atoms with Crippen molar-refractivity contribution in [2.45, 2.75) is 29.9 Å².